The van der Waals surface area contributed by atoms with Crippen LogP contribution in [0.3, 0.4) is 0 Å². The normalized spacial score (nSPS) is 17.6. The number of pyridine rings is 1. The molecule has 1 fully saturated rings. The number of rotatable bonds is 5. The van der Waals surface area contributed by atoms with Crippen LogP contribution >= 0.6 is 11.6 Å². The van der Waals surface area contributed by atoms with E-state index in [4.69, 9.17) is 11.6 Å². The number of Topliss-reactive ketones (excluding diaryl/α,β-unsaturated/α-hetero) is 1. The first-order chi connectivity index (χ1) is 15.8. The van der Waals surface area contributed by atoms with Crippen molar-refractivity contribution in [3.05, 3.63) is 93.6 Å². The number of aromatic nitrogens is 1. The van der Waals surface area contributed by atoms with Crippen LogP contribution in [0.1, 0.15) is 23.2 Å². The summed E-state index contributed by atoms with van der Waals surface area (Å²) < 4.78 is 16.0. The number of benzene rings is 2. The minimum Gasteiger partial charge on any atom is -0.348 e. The third kappa shape index (κ3) is 5.01. The molecule has 0 spiro atoms. The number of anilines is 1. The highest BCUT2D eigenvalue weighted by molar-refractivity contribution is 6.30. The maximum atomic E-state index is 14.7. The van der Waals surface area contributed by atoms with Gasteiger partial charge in [-0.1, -0.05) is 17.7 Å². The molecule has 1 saturated carbocycles. The third-order valence-corrected chi connectivity index (χ3v) is 5.70. The van der Waals surface area contributed by atoms with Crippen molar-refractivity contribution < 1.29 is 18.8 Å². The number of nitrogens with one attached hydrogen (secondary N) is 2. The quantitative estimate of drug-likeness (QED) is 0.601. The number of ketones is 1. The Morgan fingerprint density at radius 3 is 2.45 bits per heavy atom. The number of halogens is 2. The second-order valence-electron chi connectivity index (χ2n) is 7.70. The molecule has 2 amide bonds. The Morgan fingerprint density at radius 1 is 1.00 bits per heavy atom. The molecule has 0 aliphatic heterocycles. The summed E-state index contributed by atoms with van der Waals surface area (Å²) in [6.45, 7) is 0. The second-order valence-corrected chi connectivity index (χ2v) is 8.14. The molecule has 0 radical (unpaired) electrons. The predicted molar refractivity (Wildman–Crippen MR) is 121 cm³/mol. The van der Waals surface area contributed by atoms with Gasteiger partial charge in [-0.25, -0.2) is 4.39 Å². The van der Waals surface area contributed by atoms with Crippen molar-refractivity contribution in [1.82, 2.24) is 9.88 Å². The Balaban J connectivity index is 1.49. The summed E-state index contributed by atoms with van der Waals surface area (Å²) >= 11 is 5.85. The van der Waals surface area contributed by atoms with Crippen LogP contribution in [0.2, 0.25) is 5.02 Å². The van der Waals surface area contributed by atoms with E-state index in [0.29, 0.717) is 10.7 Å². The molecule has 9 heteroatoms. The average molecular weight is 468 g/mol. The van der Waals surface area contributed by atoms with E-state index in [1.807, 2.05) is 0 Å². The molecule has 168 valence electrons. The van der Waals surface area contributed by atoms with Crippen LogP contribution < -0.4 is 16.2 Å². The van der Waals surface area contributed by atoms with Gasteiger partial charge in [0.15, 0.2) is 0 Å². The first kappa shape index (κ1) is 22.4. The van der Waals surface area contributed by atoms with Crippen LogP contribution in [0.25, 0.3) is 5.69 Å². The number of hydrogen-bond donors (Lipinski definition) is 2. The molecule has 0 saturated heterocycles. The van der Waals surface area contributed by atoms with E-state index >= 15 is 0 Å². The SMILES string of the molecule is O=C1CC(NC(=O)c2ccc(-n3ccccc3=O)cc2F)C(C(=O)Nc2ccc(Cl)cc2)C1. The van der Waals surface area contributed by atoms with Gasteiger partial charge in [0.1, 0.15) is 11.6 Å². The van der Waals surface area contributed by atoms with Crippen LogP contribution in [0.15, 0.2) is 71.7 Å². The highest BCUT2D eigenvalue weighted by Crippen LogP contribution is 2.26. The molecule has 2 aromatic carbocycles. The summed E-state index contributed by atoms with van der Waals surface area (Å²) in [6, 6.07) is 14.0. The number of carbonyl (C=O) groups excluding carboxylic acids is 3. The molecule has 2 atom stereocenters. The summed E-state index contributed by atoms with van der Waals surface area (Å²) in [5.41, 5.74) is 0.185. The fourth-order valence-electron chi connectivity index (χ4n) is 3.78. The van der Waals surface area contributed by atoms with Crippen LogP contribution in [0.4, 0.5) is 10.1 Å². The fraction of sp³-hybridized carbons (Fsp3) is 0.167. The lowest BCUT2D eigenvalue weighted by Gasteiger charge is -2.20. The van der Waals surface area contributed by atoms with Gasteiger partial charge in [-0.2, -0.15) is 0 Å². The van der Waals surface area contributed by atoms with Crippen molar-refractivity contribution in [2.24, 2.45) is 5.92 Å². The Kier molecular flexibility index (Phi) is 6.37. The molecular weight excluding hydrogens is 449 g/mol. The van der Waals surface area contributed by atoms with Gasteiger partial charge >= 0.3 is 0 Å². The summed E-state index contributed by atoms with van der Waals surface area (Å²) in [4.78, 5) is 49.4. The van der Waals surface area contributed by atoms with Crippen LogP contribution in [-0.4, -0.2) is 28.2 Å². The van der Waals surface area contributed by atoms with E-state index in [9.17, 15) is 23.6 Å². The Bertz CT molecular complexity index is 1290. The average Bonchev–Trinajstić information content (AvgIpc) is 3.15. The van der Waals surface area contributed by atoms with E-state index in [-0.39, 0.29) is 35.4 Å². The number of nitrogens with zero attached hydrogens (tertiary/aromatic N) is 1. The minimum atomic E-state index is -0.827. The van der Waals surface area contributed by atoms with Gasteiger partial charge < -0.3 is 10.6 Å². The molecule has 1 heterocycles. The molecule has 1 aliphatic rings. The van der Waals surface area contributed by atoms with Gasteiger partial charge in [0.25, 0.3) is 11.5 Å². The smallest absolute Gasteiger partial charge is 0.255 e. The van der Waals surface area contributed by atoms with Crippen molar-refractivity contribution in [3.63, 3.8) is 0 Å². The highest BCUT2D eigenvalue weighted by atomic mass is 35.5. The maximum absolute atomic E-state index is 14.7. The van der Waals surface area contributed by atoms with Crippen molar-refractivity contribution in [1.29, 1.82) is 0 Å². The molecule has 33 heavy (non-hydrogen) atoms. The number of carbonyl (C=O) groups is 3. The standard InChI is InChI=1S/C24H19ClFN3O4/c25-14-4-6-15(7-5-14)27-24(33)19-12-17(30)13-21(19)28-23(32)18-9-8-16(11-20(18)26)29-10-2-1-3-22(29)31/h1-11,19,21H,12-13H2,(H,27,33)(H,28,32). The number of amides is 2. The maximum Gasteiger partial charge on any atom is 0.255 e. The molecule has 2 unspecified atom stereocenters. The molecule has 7 nitrogen and oxygen atoms in total. The lowest BCUT2D eigenvalue weighted by Crippen LogP contribution is -2.42. The van der Waals surface area contributed by atoms with Crippen molar-refractivity contribution in [2.45, 2.75) is 18.9 Å². The fourth-order valence-corrected chi connectivity index (χ4v) is 3.90. The highest BCUT2D eigenvalue weighted by Gasteiger charge is 2.39. The van der Waals surface area contributed by atoms with Crippen LogP contribution in [0.5, 0.6) is 0 Å². The molecule has 1 aromatic heterocycles. The molecule has 4 rings (SSSR count). The van der Waals surface area contributed by atoms with E-state index in [1.165, 1.54) is 29.0 Å². The Labute approximate surface area is 193 Å². The summed E-state index contributed by atoms with van der Waals surface area (Å²) in [6.07, 6.45) is 1.44. The monoisotopic (exact) mass is 467 g/mol. The molecular formula is C24H19ClFN3O4. The topological polar surface area (TPSA) is 97.3 Å². The van der Waals surface area contributed by atoms with E-state index in [0.717, 1.165) is 6.07 Å². The van der Waals surface area contributed by atoms with E-state index in [2.05, 4.69) is 10.6 Å². The third-order valence-electron chi connectivity index (χ3n) is 5.44. The van der Waals surface area contributed by atoms with E-state index < -0.39 is 29.6 Å². The minimum absolute atomic E-state index is 0.0242. The molecule has 1 aliphatic carbocycles. The zero-order valence-electron chi connectivity index (χ0n) is 17.3. The zero-order chi connectivity index (χ0) is 23.5. The van der Waals surface area contributed by atoms with Gasteiger partial charge in [0.05, 0.1) is 17.2 Å². The Hall–Kier alpha value is -3.78. The van der Waals surface area contributed by atoms with Crippen LogP contribution in [-0.2, 0) is 9.59 Å². The largest absolute Gasteiger partial charge is 0.348 e. The second kappa shape index (κ2) is 9.38. The lowest BCUT2D eigenvalue weighted by molar-refractivity contribution is -0.122. The van der Waals surface area contributed by atoms with Crippen molar-refractivity contribution in [2.75, 3.05) is 5.32 Å². The summed E-state index contributed by atoms with van der Waals surface area (Å²) in [7, 11) is 0. The van der Waals surface area contributed by atoms with Crippen molar-refractivity contribution >= 4 is 34.9 Å². The summed E-state index contributed by atoms with van der Waals surface area (Å²) in [5, 5.41) is 5.84. The first-order valence-corrected chi connectivity index (χ1v) is 10.6. The van der Waals surface area contributed by atoms with Gasteiger partial charge in [0, 0.05) is 41.9 Å². The Morgan fingerprint density at radius 2 is 1.76 bits per heavy atom. The molecule has 0 bridgehead atoms. The lowest BCUT2D eigenvalue weighted by atomic mass is 10.0. The molecule has 3 aromatic rings. The van der Waals surface area contributed by atoms with Gasteiger partial charge in [-0.15, -0.1) is 0 Å². The molecule has 2 N–H and O–H groups in total. The van der Waals surface area contributed by atoms with Gasteiger partial charge in [-0.3, -0.25) is 23.7 Å². The zero-order valence-corrected chi connectivity index (χ0v) is 18.0. The summed E-state index contributed by atoms with van der Waals surface area (Å²) in [5.74, 6) is -2.96. The van der Waals surface area contributed by atoms with Gasteiger partial charge in [0.2, 0.25) is 5.91 Å². The van der Waals surface area contributed by atoms with Crippen molar-refractivity contribution in [3.8, 4) is 5.69 Å². The van der Waals surface area contributed by atoms with E-state index in [1.54, 1.807) is 36.4 Å². The predicted octanol–water partition coefficient (Wildman–Crippen LogP) is 3.35. The van der Waals surface area contributed by atoms with Crippen LogP contribution in [0, 0.1) is 11.7 Å². The first-order valence-electron chi connectivity index (χ1n) is 10.2. The number of hydrogen-bond acceptors (Lipinski definition) is 4. The van der Waals surface area contributed by atoms with Gasteiger partial charge in [-0.05, 0) is 48.5 Å².